The van der Waals surface area contributed by atoms with Crippen molar-refractivity contribution in [2.75, 3.05) is 6.61 Å². The van der Waals surface area contributed by atoms with E-state index in [0.717, 1.165) is 0 Å². The number of nitro benzene ring substituents is 1. The van der Waals surface area contributed by atoms with Crippen LogP contribution in [0.1, 0.15) is 10.5 Å². The van der Waals surface area contributed by atoms with Crippen molar-refractivity contribution in [1.82, 2.24) is 4.98 Å². The lowest BCUT2D eigenvalue weighted by atomic mass is 10.3. The van der Waals surface area contributed by atoms with Crippen molar-refractivity contribution < 1.29 is 14.5 Å². The van der Waals surface area contributed by atoms with Crippen LogP contribution < -0.4 is 4.74 Å². The zero-order chi connectivity index (χ0) is 13.0. The van der Waals surface area contributed by atoms with Gasteiger partial charge in [-0.15, -0.1) is 0 Å². The third-order valence-electron chi connectivity index (χ3n) is 2.30. The van der Waals surface area contributed by atoms with Gasteiger partial charge in [-0.3, -0.25) is 14.9 Å². The van der Waals surface area contributed by atoms with Crippen molar-refractivity contribution in [2.24, 2.45) is 0 Å². The van der Waals surface area contributed by atoms with Crippen molar-refractivity contribution in [3.63, 3.8) is 0 Å². The number of rotatable bonds is 5. The number of nitrogens with zero attached hydrogens (tertiary/aromatic N) is 1. The molecule has 92 valence electrons. The Morgan fingerprint density at radius 1 is 1.33 bits per heavy atom. The van der Waals surface area contributed by atoms with Crippen LogP contribution in [0.15, 0.2) is 42.6 Å². The summed E-state index contributed by atoms with van der Waals surface area (Å²) >= 11 is 0. The number of nitro groups is 1. The smallest absolute Gasteiger partial charge is 0.273 e. The number of hydrogen-bond acceptors (Lipinski definition) is 4. The van der Waals surface area contributed by atoms with E-state index in [1.807, 2.05) is 0 Å². The number of non-ortho nitro benzene ring substituents is 1. The van der Waals surface area contributed by atoms with E-state index in [0.29, 0.717) is 11.4 Å². The van der Waals surface area contributed by atoms with Gasteiger partial charge in [0, 0.05) is 12.3 Å². The number of aromatic amines is 1. The Bertz CT molecular complexity index is 563. The highest BCUT2D eigenvalue weighted by molar-refractivity contribution is 5.95. The summed E-state index contributed by atoms with van der Waals surface area (Å²) in [5, 5.41) is 10.6. The summed E-state index contributed by atoms with van der Waals surface area (Å²) in [4.78, 5) is 24.4. The molecule has 0 unspecified atom stereocenters. The lowest BCUT2D eigenvalue weighted by Crippen LogP contribution is -2.11. The molecule has 0 radical (unpaired) electrons. The second kappa shape index (κ2) is 5.13. The van der Waals surface area contributed by atoms with Crippen LogP contribution in [0.4, 0.5) is 5.69 Å². The molecule has 1 aromatic carbocycles. The number of benzene rings is 1. The molecular formula is C12H10N2O4. The Labute approximate surface area is 102 Å². The third kappa shape index (κ3) is 2.73. The van der Waals surface area contributed by atoms with Gasteiger partial charge in [0.25, 0.3) is 5.69 Å². The summed E-state index contributed by atoms with van der Waals surface area (Å²) in [5.74, 6) is 0.0793. The maximum Gasteiger partial charge on any atom is 0.273 e. The molecule has 0 fully saturated rings. The minimum absolute atomic E-state index is 0.0696. The van der Waals surface area contributed by atoms with Gasteiger partial charge in [0.05, 0.1) is 16.7 Å². The number of aromatic nitrogens is 1. The normalized spacial score (nSPS) is 10.0. The van der Waals surface area contributed by atoms with Crippen LogP contribution in [-0.2, 0) is 0 Å². The molecule has 1 heterocycles. The Hall–Kier alpha value is -2.63. The molecule has 6 heteroatoms. The van der Waals surface area contributed by atoms with E-state index in [4.69, 9.17) is 4.74 Å². The van der Waals surface area contributed by atoms with E-state index < -0.39 is 4.92 Å². The zero-order valence-corrected chi connectivity index (χ0v) is 9.33. The maximum absolute atomic E-state index is 11.6. The molecule has 0 atom stereocenters. The van der Waals surface area contributed by atoms with Gasteiger partial charge < -0.3 is 9.72 Å². The maximum atomic E-state index is 11.6. The van der Waals surface area contributed by atoms with Crippen molar-refractivity contribution in [1.29, 1.82) is 0 Å². The van der Waals surface area contributed by atoms with E-state index >= 15 is 0 Å². The molecule has 0 aliphatic heterocycles. The first-order valence-electron chi connectivity index (χ1n) is 5.20. The lowest BCUT2D eigenvalue weighted by molar-refractivity contribution is -0.384. The summed E-state index contributed by atoms with van der Waals surface area (Å²) in [6.45, 7) is -0.165. The summed E-state index contributed by atoms with van der Waals surface area (Å²) < 4.78 is 5.21. The van der Waals surface area contributed by atoms with Gasteiger partial charge in [0.1, 0.15) is 5.75 Å². The number of hydrogen-bond donors (Lipinski definition) is 1. The van der Waals surface area contributed by atoms with Crippen molar-refractivity contribution in [2.45, 2.75) is 0 Å². The fourth-order valence-corrected chi connectivity index (χ4v) is 1.42. The van der Waals surface area contributed by atoms with E-state index in [2.05, 4.69) is 4.98 Å². The van der Waals surface area contributed by atoms with Crippen LogP contribution in [0.3, 0.4) is 0 Å². The fraction of sp³-hybridized carbons (Fsp3) is 0.0833. The highest BCUT2D eigenvalue weighted by atomic mass is 16.6. The summed E-state index contributed by atoms with van der Waals surface area (Å²) in [5.41, 5.74) is 0.375. The molecular weight excluding hydrogens is 236 g/mol. The summed E-state index contributed by atoms with van der Waals surface area (Å²) in [6.07, 6.45) is 1.64. The number of ether oxygens (including phenoxy) is 1. The summed E-state index contributed by atoms with van der Waals surface area (Å²) in [6, 6.07) is 9.06. The number of ketones is 1. The quantitative estimate of drug-likeness (QED) is 0.497. The number of carbonyl (C=O) groups is 1. The number of H-pyrrole nitrogens is 1. The van der Waals surface area contributed by atoms with Crippen molar-refractivity contribution >= 4 is 11.5 Å². The molecule has 0 bridgehead atoms. The largest absolute Gasteiger partial charge is 0.485 e. The summed E-state index contributed by atoms with van der Waals surface area (Å²) in [7, 11) is 0. The molecule has 18 heavy (non-hydrogen) atoms. The van der Waals surface area contributed by atoms with Gasteiger partial charge in [-0.1, -0.05) is 6.07 Å². The Balaban J connectivity index is 2.00. The Kier molecular flexibility index (Phi) is 3.38. The van der Waals surface area contributed by atoms with E-state index in [1.54, 1.807) is 24.4 Å². The number of carbonyl (C=O) groups excluding carboxylic acids is 1. The standard InChI is InChI=1S/C12H10N2O4/c15-12(11-5-2-6-13-11)8-18-10-4-1-3-9(7-10)14(16)17/h1-7,13H,8H2. The van der Waals surface area contributed by atoms with Gasteiger partial charge in [0.15, 0.2) is 6.61 Å². The molecule has 1 N–H and O–H groups in total. The SMILES string of the molecule is O=C(COc1cccc([N+](=O)[O-])c1)c1ccc[nH]1. The highest BCUT2D eigenvalue weighted by Gasteiger charge is 2.09. The molecule has 0 saturated carbocycles. The zero-order valence-electron chi connectivity index (χ0n) is 9.33. The monoisotopic (exact) mass is 246 g/mol. The van der Waals surface area contributed by atoms with Crippen LogP contribution in [0.2, 0.25) is 0 Å². The van der Waals surface area contributed by atoms with Gasteiger partial charge in [0.2, 0.25) is 5.78 Å². The van der Waals surface area contributed by atoms with Crippen LogP contribution in [0.25, 0.3) is 0 Å². The van der Waals surface area contributed by atoms with E-state index in [-0.39, 0.29) is 18.1 Å². The van der Waals surface area contributed by atoms with E-state index in [1.165, 1.54) is 18.2 Å². The molecule has 0 spiro atoms. The van der Waals surface area contributed by atoms with Crippen LogP contribution >= 0.6 is 0 Å². The van der Waals surface area contributed by atoms with Gasteiger partial charge in [-0.05, 0) is 18.2 Å². The lowest BCUT2D eigenvalue weighted by Gasteiger charge is -2.04. The molecule has 0 aliphatic rings. The molecule has 2 aromatic rings. The minimum atomic E-state index is -0.514. The molecule has 0 aliphatic carbocycles. The first-order chi connectivity index (χ1) is 8.66. The van der Waals surface area contributed by atoms with Crippen LogP contribution in [0.5, 0.6) is 5.75 Å². The topological polar surface area (TPSA) is 85.2 Å². The molecule has 0 amide bonds. The first-order valence-corrected chi connectivity index (χ1v) is 5.20. The predicted molar refractivity (Wildman–Crippen MR) is 63.7 cm³/mol. The van der Waals surface area contributed by atoms with Crippen LogP contribution in [0, 0.1) is 10.1 Å². The predicted octanol–water partition coefficient (Wildman–Crippen LogP) is 2.18. The average molecular weight is 246 g/mol. The third-order valence-corrected chi connectivity index (χ3v) is 2.30. The van der Waals surface area contributed by atoms with Gasteiger partial charge in [-0.2, -0.15) is 0 Å². The fourth-order valence-electron chi connectivity index (χ4n) is 1.42. The minimum Gasteiger partial charge on any atom is -0.485 e. The highest BCUT2D eigenvalue weighted by Crippen LogP contribution is 2.19. The van der Waals surface area contributed by atoms with Gasteiger partial charge in [-0.25, -0.2) is 0 Å². The Morgan fingerprint density at radius 3 is 2.83 bits per heavy atom. The first kappa shape index (κ1) is 11.8. The van der Waals surface area contributed by atoms with Gasteiger partial charge >= 0.3 is 0 Å². The molecule has 6 nitrogen and oxygen atoms in total. The molecule has 1 aromatic heterocycles. The second-order valence-electron chi connectivity index (χ2n) is 3.55. The van der Waals surface area contributed by atoms with Crippen molar-refractivity contribution in [3.8, 4) is 5.75 Å². The van der Waals surface area contributed by atoms with E-state index in [9.17, 15) is 14.9 Å². The second-order valence-corrected chi connectivity index (χ2v) is 3.55. The number of nitrogens with one attached hydrogen (secondary N) is 1. The Morgan fingerprint density at radius 2 is 2.17 bits per heavy atom. The molecule has 2 rings (SSSR count). The average Bonchev–Trinajstić information content (AvgIpc) is 2.90. The van der Waals surface area contributed by atoms with Crippen LogP contribution in [-0.4, -0.2) is 22.3 Å². The van der Waals surface area contributed by atoms with Crippen molar-refractivity contribution in [3.05, 3.63) is 58.4 Å². The number of Topliss-reactive ketones (excluding diaryl/α,β-unsaturated/α-hetero) is 1. The molecule has 0 saturated heterocycles.